The Kier molecular flexibility index (Phi) is 5.16. The molecule has 0 radical (unpaired) electrons. The van der Waals surface area contributed by atoms with Crippen LogP contribution in [0.1, 0.15) is 28.4 Å². The Balaban J connectivity index is 0.000000637. The SMILES string of the molecule is BrBr.O=C1CC(c2ccccc2)Oc2ccccc21. The normalized spacial score (nSPS) is 16.7. The van der Waals surface area contributed by atoms with Crippen LogP contribution in [0.25, 0.3) is 0 Å². The van der Waals surface area contributed by atoms with E-state index in [0.717, 1.165) is 5.56 Å². The fourth-order valence-corrected chi connectivity index (χ4v) is 2.13. The van der Waals surface area contributed by atoms with E-state index in [0.29, 0.717) is 17.7 Å². The summed E-state index contributed by atoms with van der Waals surface area (Å²) in [5.74, 6) is 0.846. The van der Waals surface area contributed by atoms with Crippen molar-refractivity contribution < 1.29 is 9.53 Å². The maximum absolute atomic E-state index is 12.0. The number of rotatable bonds is 1. The molecule has 98 valence electrons. The lowest BCUT2D eigenvalue weighted by atomic mass is 9.96. The van der Waals surface area contributed by atoms with E-state index in [1.807, 2.05) is 54.6 Å². The number of halogens is 2. The molecular formula is C15H12Br2O2. The molecule has 1 aliphatic heterocycles. The summed E-state index contributed by atoms with van der Waals surface area (Å²) in [4.78, 5) is 12.0. The number of carbonyl (C=O) groups is 1. The van der Waals surface area contributed by atoms with E-state index in [4.69, 9.17) is 4.74 Å². The smallest absolute Gasteiger partial charge is 0.170 e. The van der Waals surface area contributed by atoms with Gasteiger partial charge in [0.25, 0.3) is 0 Å². The number of ketones is 1. The van der Waals surface area contributed by atoms with E-state index < -0.39 is 0 Å². The maximum atomic E-state index is 12.0. The highest BCUT2D eigenvalue weighted by atomic mass is 80.9. The average molecular weight is 384 g/mol. The molecule has 1 aliphatic rings. The summed E-state index contributed by atoms with van der Waals surface area (Å²) in [6, 6.07) is 17.3. The van der Waals surface area contributed by atoms with Crippen molar-refractivity contribution in [2.45, 2.75) is 12.5 Å². The second kappa shape index (κ2) is 6.87. The van der Waals surface area contributed by atoms with Gasteiger partial charge in [0.15, 0.2) is 5.78 Å². The summed E-state index contributed by atoms with van der Waals surface area (Å²) in [5, 5.41) is 0. The third-order valence-electron chi connectivity index (χ3n) is 3.00. The van der Waals surface area contributed by atoms with Crippen LogP contribution in [0.5, 0.6) is 5.75 Å². The van der Waals surface area contributed by atoms with Crippen LogP contribution in [0.2, 0.25) is 0 Å². The molecule has 2 nitrogen and oxygen atoms in total. The molecule has 0 bridgehead atoms. The predicted octanol–water partition coefficient (Wildman–Crippen LogP) is 5.08. The second-order valence-corrected chi connectivity index (χ2v) is 4.14. The summed E-state index contributed by atoms with van der Waals surface area (Å²) >= 11 is 5.50. The van der Waals surface area contributed by atoms with E-state index in [1.165, 1.54) is 0 Å². The molecule has 0 aliphatic carbocycles. The van der Waals surface area contributed by atoms with E-state index in [9.17, 15) is 4.79 Å². The molecule has 0 saturated heterocycles. The number of carbonyl (C=O) groups excluding carboxylic acids is 1. The topological polar surface area (TPSA) is 26.3 Å². The lowest BCUT2D eigenvalue weighted by molar-refractivity contribution is 0.0850. The highest BCUT2D eigenvalue weighted by molar-refractivity contribution is 9.93. The van der Waals surface area contributed by atoms with Crippen molar-refractivity contribution in [2.24, 2.45) is 0 Å². The van der Waals surface area contributed by atoms with Crippen LogP contribution in [0.3, 0.4) is 0 Å². The quantitative estimate of drug-likeness (QED) is 0.685. The standard InChI is InChI=1S/C15H12O2.Br2/c16-13-10-15(11-6-2-1-3-7-11)17-14-9-5-4-8-12(13)14;1-2/h1-9,15H,10H2;. The van der Waals surface area contributed by atoms with Crippen LogP contribution in [0.4, 0.5) is 0 Å². The average Bonchev–Trinajstić information content (AvgIpc) is 2.50. The Morgan fingerprint density at radius 2 is 1.58 bits per heavy atom. The van der Waals surface area contributed by atoms with Crippen LogP contribution >= 0.6 is 28.3 Å². The zero-order chi connectivity index (χ0) is 13.7. The Bertz CT molecular complexity index is 555. The summed E-state index contributed by atoms with van der Waals surface area (Å²) in [6.07, 6.45) is 0.264. The first-order valence-corrected chi connectivity index (χ1v) is 9.54. The largest absolute Gasteiger partial charge is 0.484 e. The van der Waals surface area contributed by atoms with Gasteiger partial charge in [0.1, 0.15) is 11.9 Å². The highest BCUT2D eigenvalue weighted by Crippen LogP contribution is 2.34. The molecule has 1 heterocycles. The number of hydrogen-bond donors (Lipinski definition) is 0. The van der Waals surface area contributed by atoms with Crippen molar-refractivity contribution in [1.82, 2.24) is 0 Å². The first-order valence-electron chi connectivity index (χ1n) is 5.83. The van der Waals surface area contributed by atoms with Gasteiger partial charge < -0.3 is 4.74 Å². The first-order chi connectivity index (χ1) is 9.34. The van der Waals surface area contributed by atoms with Crippen LogP contribution in [-0.4, -0.2) is 5.78 Å². The minimum absolute atomic E-state index is 0.153. The molecule has 0 spiro atoms. The van der Waals surface area contributed by atoms with E-state index >= 15 is 0 Å². The number of fused-ring (bicyclic) bond motifs is 1. The van der Waals surface area contributed by atoms with Crippen molar-refractivity contribution in [3.63, 3.8) is 0 Å². The maximum Gasteiger partial charge on any atom is 0.170 e. The van der Waals surface area contributed by atoms with Gasteiger partial charge in [-0.1, -0.05) is 42.5 Å². The van der Waals surface area contributed by atoms with Gasteiger partial charge in [0.05, 0.1) is 12.0 Å². The molecule has 2 aromatic carbocycles. The molecule has 2 aromatic rings. The number of Topliss-reactive ketones (excluding diaryl/α,β-unsaturated/α-hetero) is 1. The van der Waals surface area contributed by atoms with Crippen LogP contribution in [0, 0.1) is 0 Å². The summed E-state index contributed by atoms with van der Waals surface area (Å²) in [6.45, 7) is 0. The highest BCUT2D eigenvalue weighted by Gasteiger charge is 2.26. The third kappa shape index (κ3) is 3.25. The van der Waals surface area contributed by atoms with Crippen molar-refractivity contribution in [3.8, 4) is 5.75 Å². The monoisotopic (exact) mass is 382 g/mol. The lowest BCUT2D eigenvalue weighted by Gasteiger charge is -2.25. The van der Waals surface area contributed by atoms with Crippen molar-refractivity contribution >= 4 is 34.0 Å². The minimum Gasteiger partial charge on any atom is -0.484 e. The Morgan fingerprint density at radius 1 is 0.947 bits per heavy atom. The second-order valence-electron chi connectivity index (χ2n) is 4.14. The van der Waals surface area contributed by atoms with Crippen LogP contribution < -0.4 is 4.74 Å². The van der Waals surface area contributed by atoms with Gasteiger partial charge in [-0.3, -0.25) is 4.79 Å². The van der Waals surface area contributed by atoms with E-state index in [-0.39, 0.29) is 11.9 Å². The minimum atomic E-state index is -0.154. The molecule has 3 rings (SSSR count). The Morgan fingerprint density at radius 3 is 2.32 bits per heavy atom. The van der Waals surface area contributed by atoms with Crippen LogP contribution in [0.15, 0.2) is 54.6 Å². The number of para-hydroxylation sites is 1. The van der Waals surface area contributed by atoms with Gasteiger partial charge in [-0.25, -0.2) is 0 Å². The lowest BCUT2D eigenvalue weighted by Crippen LogP contribution is -2.20. The van der Waals surface area contributed by atoms with E-state index in [1.54, 1.807) is 0 Å². The molecular weight excluding hydrogens is 372 g/mol. The number of benzene rings is 2. The van der Waals surface area contributed by atoms with Crippen molar-refractivity contribution in [2.75, 3.05) is 0 Å². The van der Waals surface area contributed by atoms with Gasteiger partial charge in [-0.2, -0.15) is 0 Å². The first kappa shape index (κ1) is 14.3. The number of hydrogen-bond acceptors (Lipinski definition) is 2. The summed E-state index contributed by atoms with van der Waals surface area (Å²) in [5.41, 5.74) is 1.75. The van der Waals surface area contributed by atoms with Gasteiger partial charge in [0.2, 0.25) is 0 Å². The molecule has 1 atom stereocenters. The summed E-state index contributed by atoms with van der Waals surface area (Å²) < 4.78 is 5.87. The summed E-state index contributed by atoms with van der Waals surface area (Å²) in [7, 11) is 0. The molecule has 0 aromatic heterocycles. The molecule has 0 fully saturated rings. The van der Waals surface area contributed by atoms with Gasteiger partial charge in [-0.15, -0.1) is 0 Å². The molecule has 0 saturated carbocycles. The molecule has 0 amide bonds. The number of ether oxygens (including phenoxy) is 1. The van der Waals surface area contributed by atoms with Gasteiger partial charge >= 0.3 is 0 Å². The fourth-order valence-electron chi connectivity index (χ4n) is 2.13. The predicted molar refractivity (Wildman–Crippen MR) is 83.1 cm³/mol. The third-order valence-corrected chi connectivity index (χ3v) is 3.00. The van der Waals surface area contributed by atoms with Crippen LogP contribution in [-0.2, 0) is 0 Å². The Hall–Kier alpha value is -1.13. The Labute approximate surface area is 127 Å². The van der Waals surface area contributed by atoms with Gasteiger partial charge in [-0.05, 0) is 17.7 Å². The molecule has 1 unspecified atom stereocenters. The van der Waals surface area contributed by atoms with E-state index in [2.05, 4.69) is 28.3 Å². The molecule has 0 N–H and O–H groups in total. The zero-order valence-corrected chi connectivity index (χ0v) is 13.2. The van der Waals surface area contributed by atoms with Gasteiger partial charge in [0, 0.05) is 28.3 Å². The molecule has 19 heavy (non-hydrogen) atoms. The fraction of sp³-hybridized carbons (Fsp3) is 0.133. The molecule has 4 heteroatoms. The van der Waals surface area contributed by atoms with Crippen molar-refractivity contribution in [1.29, 1.82) is 0 Å². The zero-order valence-electron chi connectivity index (χ0n) is 10.1. The van der Waals surface area contributed by atoms with Crippen molar-refractivity contribution in [3.05, 3.63) is 65.7 Å².